The number of nitrogens with zero attached hydrogens (tertiary/aromatic N) is 1. The van der Waals surface area contributed by atoms with Gasteiger partial charge in [-0.3, -0.25) is 0 Å². The van der Waals surface area contributed by atoms with E-state index in [9.17, 15) is 9.18 Å². The zero-order valence-corrected chi connectivity index (χ0v) is 12.1. The summed E-state index contributed by atoms with van der Waals surface area (Å²) in [6.45, 7) is 1.93. The van der Waals surface area contributed by atoms with Gasteiger partial charge >= 0.3 is 6.09 Å². The van der Waals surface area contributed by atoms with Gasteiger partial charge in [0, 0.05) is 17.3 Å². The maximum atomic E-state index is 13.2. The van der Waals surface area contributed by atoms with Crippen molar-refractivity contribution in [3.63, 3.8) is 0 Å². The summed E-state index contributed by atoms with van der Waals surface area (Å²) < 4.78 is 18.2. The fourth-order valence-electron chi connectivity index (χ4n) is 1.68. The maximum Gasteiger partial charge on any atom is 0.408 e. The number of nitrogens with one attached hydrogen (secondary N) is 1. The Kier molecular flexibility index (Phi) is 5.50. The molecule has 1 N–H and O–H groups in total. The summed E-state index contributed by atoms with van der Waals surface area (Å²) in [5.74, 6) is 4.99. The van der Waals surface area contributed by atoms with Gasteiger partial charge in [-0.1, -0.05) is 42.2 Å². The number of benzene rings is 1. The van der Waals surface area contributed by atoms with Crippen LogP contribution in [0, 0.1) is 24.7 Å². The van der Waals surface area contributed by atoms with Gasteiger partial charge in [-0.15, -0.1) is 0 Å². The second-order valence-corrected chi connectivity index (χ2v) is 4.49. The Morgan fingerprint density at radius 2 is 2.09 bits per heavy atom. The quantitative estimate of drug-likeness (QED) is 0.700. The number of halogens is 1. The summed E-state index contributed by atoms with van der Waals surface area (Å²) >= 11 is 0. The summed E-state index contributed by atoms with van der Waals surface area (Å²) in [6, 6.07) is 11.0. The number of hydrogen-bond donors (Lipinski definition) is 1. The second kappa shape index (κ2) is 7.79. The lowest BCUT2D eigenvalue weighted by Crippen LogP contribution is -2.24. The van der Waals surface area contributed by atoms with Crippen LogP contribution in [0.15, 0.2) is 42.6 Å². The highest BCUT2D eigenvalue weighted by Crippen LogP contribution is 2.07. The van der Waals surface area contributed by atoms with Crippen LogP contribution in [0.4, 0.5) is 9.18 Å². The minimum absolute atomic E-state index is 0.122. The molecule has 0 atom stereocenters. The first-order chi connectivity index (χ1) is 10.7. The number of amides is 1. The van der Waals surface area contributed by atoms with Crippen molar-refractivity contribution in [3.8, 4) is 11.8 Å². The molecule has 22 heavy (non-hydrogen) atoms. The van der Waals surface area contributed by atoms with Gasteiger partial charge in [0.15, 0.2) is 0 Å². The lowest BCUT2D eigenvalue weighted by atomic mass is 10.1. The molecule has 1 amide bonds. The van der Waals surface area contributed by atoms with Gasteiger partial charge in [0.1, 0.15) is 6.61 Å². The highest BCUT2D eigenvalue weighted by Gasteiger charge is 2.02. The van der Waals surface area contributed by atoms with E-state index in [2.05, 4.69) is 22.1 Å². The zero-order chi connectivity index (χ0) is 15.8. The number of carbonyl (C=O) groups is 1. The molecule has 0 spiro atoms. The van der Waals surface area contributed by atoms with E-state index in [4.69, 9.17) is 4.74 Å². The van der Waals surface area contributed by atoms with Crippen LogP contribution in [0.2, 0.25) is 0 Å². The van der Waals surface area contributed by atoms with Crippen LogP contribution in [0.5, 0.6) is 0 Å². The molecule has 0 radical (unpaired) electrons. The lowest BCUT2D eigenvalue weighted by molar-refractivity contribution is 0.141. The molecular weight excluding hydrogens is 283 g/mol. The van der Waals surface area contributed by atoms with Crippen molar-refractivity contribution in [1.82, 2.24) is 10.3 Å². The third-order valence-electron chi connectivity index (χ3n) is 2.90. The molecule has 0 aliphatic rings. The molecule has 0 saturated heterocycles. The summed E-state index contributed by atoms with van der Waals surface area (Å²) in [4.78, 5) is 15.0. The number of ether oxygens (including phenoxy) is 1. The first-order valence-corrected chi connectivity index (χ1v) is 6.71. The topological polar surface area (TPSA) is 51.2 Å². The molecule has 2 aromatic rings. The van der Waals surface area contributed by atoms with Crippen LogP contribution in [0.3, 0.4) is 0 Å². The van der Waals surface area contributed by atoms with Crippen LogP contribution >= 0.6 is 0 Å². The predicted octanol–water partition coefficient (Wildman–Crippen LogP) is 2.81. The van der Waals surface area contributed by atoms with Crippen molar-refractivity contribution in [2.24, 2.45) is 0 Å². The Balaban J connectivity index is 1.78. The summed E-state index contributed by atoms with van der Waals surface area (Å²) in [5.41, 5.74) is 1.85. The number of carbonyl (C=O) groups excluding carboxylic acids is 1. The first-order valence-electron chi connectivity index (χ1n) is 6.71. The van der Waals surface area contributed by atoms with Crippen molar-refractivity contribution in [2.75, 3.05) is 6.54 Å². The normalized spacial score (nSPS) is 9.55. The standard InChI is InChI=1S/C17H15FN2O2/c1-13-15(9-11-19-16(13)18)8-5-10-20-17(21)22-12-14-6-3-2-4-7-14/h2-4,6-7,9,11H,10,12H2,1H3,(H,20,21). The molecular formula is C17H15FN2O2. The molecule has 1 heterocycles. The molecule has 2 rings (SSSR count). The van der Waals surface area contributed by atoms with E-state index in [0.29, 0.717) is 11.1 Å². The van der Waals surface area contributed by atoms with Crippen molar-refractivity contribution in [1.29, 1.82) is 0 Å². The van der Waals surface area contributed by atoms with Crippen molar-refractivity contribution in [2.45, 2.75) is 13.5 Å². The maximum absolute atomic E-state index is 13.2. The van der Waals surface area contributed by atoms with Crippen LogP contribution in [0.1, 0.15) is 16.7 Å². The highest BCUT2D eigenvalue weighted by atomic mass is 19.1. The summed E-state index contributed by atoms with van der Waals surface area (Å²) in [6.07, 6.45) is 0.809. The molecule has 5 heteroatoms. The van der Waals surface area contributed by atoms with Crippen molar-refractivity contribution in [3.05, 3.63) is 65.2 Å². The lowest BCUT2D eigenvalue weighted by Gasteiger charge is -2.04. The Labute approximate surface area is 128 Å². The molecule has 1 aromatic heterocycles. The van der Waals surface area contributed by atoms with E-state index in [-0.39, 0.29) is 13.2 Å². The number of aromatic nitrogens is 1. The average Bonchev–Trinajstić information content (AvgIpc) is 2.54. The van der Waals surface area contributed by atoms with E-state index in [1.807, 2.05) is 30.3 Å². The Hall–Kier alpha value is -2.87. The Bertz CT molecular complexity index is 706. The summed E-state index contributed by atoms with van der Waals surface area (Å²) in [5, 5.41) is 2.51. The Morgan fingerprint density at radius 3 is 2.86 bits per heavy atom. The monoisotopic (exact) mass is 298 g/mol. The molecule has 0 saturated carbocycles. The highest BCUT2D eigenvalue weighted by molar-refractivity contribution is 5.67. The van der Waals surface area contributed by atoms with Crippen LogP contribution in [-0.4, -0.2) is 17.6 Å². The molecule has 112 valence electrons. The minimum atomic E-state index is -0.546. The molecule has 0 aliphatic carbocycles. The van der Waals surface area contributed by atoms with E-state index >= 15 is 0 Å². The van der Waals surface area contributed by atoms with Gasteiger partial charge in [0.25, 0.3) is 0 Å². The predicted molar refractivity (Wildman–Crippen MR) is 80.4 cm³/mol. The van der Waals surface area contributed by atoms with Gasteiger partial charge in [0.2, 0.25) is 5.95 Å². The minimum Gasteiger partial charge on any atom is -0.445 e. The van der Waals surface area contributed by atoms with E-state index in [0.717, 1.165) is 5.56 Å². The van der Waals surface area contributed by atoms with Crippen LogP contribution in [-0.2, 0) is 11.3 Å². The molecule has 1 aromatic carbocycles. The van der Waals surface area contributed by atoms with E-state index < -0.39 is 12.0 Å². The molecule has 0 aliphatic heterocycles. The average molecular weight is 298 g/mol. The number of rotatable bonds is 3. The largest absolute Gasteiger partial charge is 0.445 e. The molecule has 0 fully saturated rings. The number of alkyl carbamates (subject to hydrolysis) is 1. The van der Waals surface area contributed by atoms with Gasteiger partial charge in [0.05, 0.1) is 6.54 Å². The third-order valence-corrected chi connectivity index (χ3v) is 2.90. The van der Waals surface area contributed by atoms with Gasteiger partial charge in [-0.2, -0.15) is 4.39 Å². The molecule has 0 unspecified atom stereocenters. The van der Waals surface area contributed by atoms with Gasteiger partial charge < -0.3 is 10.1 Å². The number of pyridine rings is 1. The van der Waals surface area contributed by atoms with Crippen molar-refractivity contribution >= 4 is 6.09 Å². The van der Waals surface area contributed by atoms with E-state index in [1.54, 1.807) is 13.0 Å². The first kappa shape index (κ1) is 15.5. The molecule has 0 bridgehead atoms. The Morgan fingerprint density at radius 1 is 1.32 bits per heavy atom. The smallest absolute Gasteiger partial charge is 0.408 e. The SMILES string of the molecule is Cc1c(C#CCNC(=O)OCc2ccccc2)ccnc1F. The van der Waals surface area contributed by atoms with Crippen molar-refractivity contribution < 1.29 is 13.9 Å². The van der Waals surface area contributed by atoms with Gasteiger partial charge in [-0.05, 0) is 18.6 Å². The van der Waals surface area contributed by atoms with E-state index in [1.165, 1.54) is 6.20 Å². The third kappa shape index (κ3) is 4.60. The van der Waals surface area contributed by atoms with Gasteiger partial charge in [-0.25, -0.2) is 9.78 Å². The van der Waals surface area contributed by atoms with Crippen LogP contribution < -0.4 is 5.32 Å². The second-order valence-electron chi connectivity index (χ2n) is 4.49. The molecule has 4 nitrogen and oxygen atoms in total. The van der Waals surface area contributed by atoms with Crippen LogP contribution in [0.25, 0.3) is 0 Å². The zero-order valence-electron chi connectivity index (χ0n) is 12.1. The summed E-state index contributed by atoms with van der Waals surface area (Å²) in [7, 11) is 0. The fraction of sp³-hybridized carbons (Fsp3) is 0.176. The fourth-order valence-corrected chi connectivity index (χ4v) is 1.68. The number of hydrogen-bond acceptors (Lipinski definition) is 3.